The summed E-state index contributed by atoms with van der Waals surface area (Å²) in [5, 5.41) is 0.979. The molecule has 0 aliphatic carbocycles. The first-order valence-electron chi connectivity index (χ1n) is 6.61. The fourth-order valence-electron chi connectivity index (χ4n) is 2.74. The van der Waals surface area contributed by atoms with Crippen LogP contribution in [0.25, 0.3) is 10.9 Å². The number of aromatic nitrogens is 1. The van der Waals surface area contributed by atoms with Gasteiger partial charge in [-0.15, -0.1) is 0 Å². The van der Waals surface area contributed by atoms with Crippen molar-refractivity contribution < 1.29 is 8.42 Å². The van der Waals surface area contributed by atoms with E-state index in [-0.39, 0.29) is 4.90 Å². The lowest BCUT2D eigenvalue weighted by Crippen LogP contribution is -2.11. The van der Waals surface area contributed by atoms with Crippen molar-refractivity contribution >= 4 is 27.1 Å². The van der Waals surface area contributed by atoms with Crippen molar-refractivity contribution in [1.82, 2.24) is 3.97 Å². The van der Waals surface area contributed by atoms with Crippen molar-refractivity contribution in [3.8, 4) is 0 Å². The van der Waals surface area contributed by atoms with Gasteiger partial charge in [0.1, 0.15) is 0 Å². The van der Waals surface area contributed by atoms with E-state index in [1.807, 2.05) is 18.2 Å². The molecule has 4 rings (SSSR count). The van der Waals surface area contributed by atoms with E-state index in [0.29, 0.717) is 12.1 Å². The molecule has 1 aliphatic heterocycles. The maximum absolute atomic E-state index is 12.8. The third-order valence-corrected chi connectivity index (χ3v) is 5.39. The lowest BCUT2D eigenvalue weighted by Gasteiger charge is -2.08. The standard InChI is InChI=1S/C16H12N2O2S/c19-21(20,14-6-2-1-3-7-14)18-11-13-10-17-9-12-5-4-8-15(18)16(12)13/h1-8,10-11H,9H2. The van der Waals surface area contributed by atoms with Gasteiger partial charge >= 0.3 is 0 Å². The van der Waals surface area contributed by atoms with Crippen molar-refractivity contribution in [2.45, 2.75) is 11.4 Å². The van der Waals surface area contributed by atoms with Crippen LogP contribution in [0, 0.1) is 0 Å². The highest BCUT2D eigenvalue weighted by atomic mass is 32.2. The Hall–Kier alpha value is -2.40. The first-order valence-corrected chi connectivity index (χ1v) is 8.05. The number of hydrogen-bond acceptors (Lipinski definition) is 3. The van der Waals surface area contributed by atoms with Gasteiger partial charge < -0.3 is 0 Å². The minimum absolute atomic E-state index is 0.287. The summed E-state index contributed by atoms with van der Waals surface area (Å²) in [4.78, 5) is 4.57. The summed E-state index contributed by atoms with van der Waals surface area (Å²) in [6, 6.07) is 14.2. The van der Waals surface area contributed by atoms with Gasteiger partial charge in [-0.25, -0.2) is 12.4 Å². The molecule has 5 heteroatoms. The Morgan fingerprint density at radius 2 is 1.81 bits per heavy atom. The van der Waals surface area contributed by atoms with Crippen LogP contribution in [0.5, 0.6) is 0 Å². The Bertz CT molecular complexity index is 970. The fraction of sp³-hybridized carbons (Fsp3) is 0.0625. The Morgan fingerprint density at radius 1 is 1.00 bits per heavy atom. The van der Waals surface area contributed by atoms with E-state index in [1.165, 1.54) is 3.97 Å². The Balaban J connectivity index is 2.05. The second-order valence-electron chi connectivity index (χ2n) is 4.98. The van der Waals surface area contributed by atoms with Crippen molar-refractivity contribution in [3.05, 3.63) is 65.9 Å². The monoisotopic (exact) mass is 296 g/mol. The number of rotatable bonds is 2. The van der Waals surface area contributed by atoms with Gasteiger partial charge in [0.2, 0.25) is 0 Å². The smallest absolute Gasteiger partial charge is 0.268 e. The number of benzene rings is 2. The first kappa shape index (κ1) is 12.3. The van der Waals surface area contributed by atoms with Gasteiger partial charge in [-0.1, -0.05) is 30.3 Å². The molecule has 2 aromatic carbocycles. The van der Waals surface area contributed by atoms with Gasteiger partial charge in [0.25, 0.3) is 10.0 Å². The van der Waals surface area contributed by atoms with Crippen LogP contribution >= 0.6 is 0 Å². The Morgan fingerprint density at radius 3 is 2.62 bits per heavy atom. The van der Waals surface area contributed by atoms with Crippen molar-refractivity contribution in [1.29, 1.82) is 0 Å². The van der Waals surface area contributed by atoms with Crippen LogP contribution in [-0.4, -0.2) is 18.6 Å². The first-order chi connectivity index (χ1) is 10.2. The average Bonchev–Trinajstić information content (AvgIpc) is 2.91. The third kappa shape index (κ3) is 1.74. The molecule has 0 saturated heterocycles. The van der Waals surface area contributed by atoms with E-state index in [1.54, 1.807) is 42.7 Å². The summed E-state index contributed by atoms with van der Waals surface area (Å²) < 4.78 is 27.0. The zero-order valence-electron chi connectivity index (χ0n) is 11.1. The molecule has 0 radical (unpaired) electrons. The van der Waals surface area contributed by atoms with Crippen LogP contribution in [0.3, 0.4) is 0 Å². The lowest BCUT2D eigenvalue weighted by molar-refractivity contribution is 0.589. The summed E-state index contributed by atoms with van der Waals surface area (Å²) in [7, 11) is -3.59. The van der Waals surface area contributed by atoms with Crippen LogP contribution in [0.1, 0.15) is 11.1 Å². The van der Waals surface area contributed by atoms with E-state index in [4.69, 9.17) is 0 Å². The van der Waals surface area contributed by atoms with Crippen LogP contribution in [-0.2, 0) is 16.6 Å². The molecule has 21 heavy (non-hydrogen) atoms. The molecule has 0 amide bonds. The molecule has 0 atom stereocenters. The topological polar surface area (TPSA) is 51.4 Å². The van der Waals surface area contributed by atoms with Crippen LogP contribution < -0.4 is 0 Å². The summed E-state index contributed by atoms with van der Waals surface area (Å²) in [6.45, 7) is 0.597. The zero-order valence-corrected chi connectivity index (χ0v) is 11.9. The predicted molar refractivity (Wildman–Crippen MR) is 82.3 cm³/mol. The molecule has 3 aromatic rings. The molecule has 1 aliphatic rings. The molecule has 2 heterocycles. The Labute approximate surface area is 122 Å². The molecule has 0 spiro atoms. The van der Waals surface area contributed by atoms with Crippen molar-refractivity contribution in [2.75, 3.05) is 0 Å². The van der Waals surface area contributed by atoms with Crippen LogP contribution in [0.4, 0.5) is 0 Å². The van der Waals surface area contributed by atoms with E-state index >= 15 is 0 Å². The molecule has 0 fully saturated rings. The molecule has 4 nitrogen and oxygen atoms in total. The number of hydrogen-bond donors (Lipinski definition) is 0. The SMILES string of the molecule is O=S(=O)(c1ccccc1)n1cc2c3c(cccc31)CN=C2. The fourth-order valence-corrected chi connectivity index (χ4v) is 4.13. The van der Waals surface area contributed by atoms with Crippen LogP contribution in [0.2, 0.25) is 0 Å². The van der Waals surface area contributed by atoms with Gasteiger partial charge in [-0.05, 0) is 23.8 Å². The summed E-state index contributed by atoms with van der Waals surface area (Å²) in [6.07, 6.45) is 3.39. The predicted octanol–water partition coefficient (Wildman–Crippen LogP) is 2.81. The van der Waals surface area contributed by atoms with Crippen LogP contribution in [0.15, 0.2) is 64.6 Å². The molecule has 0 bridgehead atoms. The van der Waals surface area contributed by atoms with E-state index < -0.39 is 10.0 Å². The van der Waals surface area contributed by atoms with Gasteiger partial charge in [0.15, 0.2) is 0 Å². The second-order valence-corrected chi connectivity index (χ2v) is 6.79. The minimum atomic E-state index is -3.59. The van der Waals surface area contributed by atoms with Gasteiger partial charge in [0, 0.05) is 23.4 Å². The van der Waals surface area contributed by atoms with E-state index in [0.717, 1.165) is 16.5 Å². The van der Waals surface area contributed by atoms with Gasteiger partial charge in [-0.3, -0.25) is 4.99 Å². The van der Waals surface area contributed by atoms with Gasteiger partial charge in [0.05, 0.1) is 17.0 Å². The molecule has 104 valence electrons. The summed E-state index contributed by atoms with van der Waals surface area (Å²) >= 11 is 0. The molecular formula is C16H12N2O2S. The Kier molecular flexibility index (Phi) is 2.53. The van der Waals surface area contributed by atoms with E-state index in [2.05, 4.69) is 4.99 Å². The quantitative estimate of drug-likeness (QED) is 0.730. The molecule has 1 aromatic heterocycles. The molecular weight excluding hydrogens is 284 g/mol. The maximum atomic E-state index is 12.8. The highest BCUT2D eigenvalue weighted by Crippen LogP contribution is 2.30. The minimum Gasteiger partial charge on any atom is -0.288 e. The normalized spacial score (nSPS) is 13.7. The summed E-state index contributed by atoms with van der Waals surface area (Å²) in [5.74, 6) is 0. The van der Waals surface area contributed by atoms with Crippen molar-refractivity contribution in [2.24, 2.45) is 4.99 Å². The van der Waals surface area contributed by atoms with E-state index in [9.17, 15) is 8.42 Å². The molecule has 0 unspecified atom stereocenters. The number of nitrogens with zero attached hydrogens (tertiary/aromatic N) is 2. The molecule has 0 saturated carbocycles. The van der Waals surface area contributed by atoms with Gasteiger partial charge in [-0.2, -0.15) is 0 Å². The number of aliphatic imine (C=N–C) groups is 1. The highest BCUT2D eigenvalue weighted by Gasteiger charge is 2.22. The third-order valence-electron chi connectivity index (χ3n) is 3.70. The lowest BCUT2D eigenvalue weighted by atomic mass is 10.1. The zero-order chi connectivity index (χ0) is 14.4. The van der Waals surface area contributed by atoms with Crippen molar-refractivity contribution in [3.63, 3.8) is 0 Å². The average molecular weight is 296 g/mol. The second kappa shape index (κ2) is 4.30. The largest absolute Gasteiger partial charge is 0.288 e. The molecule has 0 N–H and O–H groups in total. The highest BCUT2D eigenvalue weighted by molar-refractivity contribution is 7.90. The summed E-state index contributed by atoms with van der Waals surface area (Å²) in [5.41, 5.74) is 2.62. The maximum Gasteiger partial charge on any atom is 0.268 e.